The Hall–Kier alpha value is -2.33. The van der Waals surface area contributed by atoms with Crippen LogP contribution in [0.1, 0.15) is 5.56 Å². The van der Waals surface area contributed by atoms with Gasteiger partial charge in [-0.05, 0) is 48.0 Å². The van der Waals surface area contributed by atoms with Gasteiger partial charge in [-0.2, -0.15) is 0 Å². The molecule has 0 unspecified atom stereocenters. The van der Waals surface area contributed by atoms with E-state index in [9.17, 15) is 4.39 Å². The third-order valence-corrected chi connectivity index (χ3v) is 3.24. The van der Waals surface area contributed by atoms with Gasteiger partial charge in [-0.25, -0.2) is 9.37 Å². The molecule has 0 saturated carbocycles. The van der Waals surface area contributed by atoms with Crippen molar-refractivity contribution in [3.8, 4) is 11.3 Å². The maximum atomic E-state index is 13.2. The summed E-state index contributed by atoms with van der Waals surface area (Å²) in [6.07, 6.45) is 3.06. The van der Waals surface area contributed by atoms with Gasteiger partial charge in [0.1, 0.15) is 5.82 Å². The van der Waals surface area contributed by atoms with Gasteiger partial charge < -0.3 is 9.73 Å². The summed E-state index contributed by atoms with van der Waals surface area (Å²) in [6.45, 7) is 0.499. The van der Waals surface area contributed by atoms with Gasteiger partial charge in [0.25, 0.3) is 0 Å². The summed E-state index contributed by atoms with van der Waals surface area (Å²) in [5.41, 5.74) is 2.67. The van der Waals surface area contributed by atoms with E-state index in [1.54, 1.807) is 12.3 Å². The maximum absolute atomic E-state index is 13.2. The van der Waals surface area contributed by atoms with E-state index in [1.165, 1.54) is 18.5 Å². The molecule has 0 fully saturated rings. The number of benzene rings is 2. The minimum atomic E-state index is -0.333. The summed E-state index contributed by atoms with van der Waals surface area (Å²) in [5.74, 6) is 0.387. The Bertz CT molecular complexity index is 706. The second kappa shape index (κ2) is 5.97. The Kier molecular flexibility index (Phi) is 3.88. The topological polar surface area (TPSA) is 38.1 Å². The summed E-state index contributed by atoms with van der Waals surface area (Å²) in [4.78, 5) is 3.88. The highest BCUT2D eigenvalue weighted by Crippen LogP contribution is 2.21. The molecule has 0 radical (unpaired) electrons. The number of hydrogen-bond donors (Lipinski definition) is 1. The Labute approximate surface area is 126 Å². The normalized spacial score (nSPS) is 10.6. The number of oxazole rings is 1. The lowest BCUT2D eigenvalue weighted by Crippen LogP contribution is -1.99. The molecule has 0 amide bonds. The number of anilines is 1. The molecule has 2 aromatic carbocycles. The molecule has 0 saturated heterocycles. The molecule has 0 bridgehead atoms. The zero-order valence-corrected chi connectivity index (χ0v) is 11.8. The Morgan fingerprint density at radius 1 is 1.14 bits per heavy atom. The number of rotatable bonds is 4. The van der Waals surface area contributed by atoms with Crippen molar-refractivity contribution in [2.75, 3.05) is 5.32 Å². The smallest absolute Gasteiger partial charge is 0.181 e. The molecule has 3 rings (SSSR count). The Morgan fingerprint density at radius 3 is 2.62 bits per heavy atom. The molecule has 0 atom stereocenters. The van der Waals surface area contributed by atoms with Crippen molar-refractivity contribution in [1.82, 2.24) is 4.98 Å². The first-order valence-electron chi connectivity index (χ1n) is 6.38. The van der Waals surface area contributed by atoms with E-state index >= 15 is 0 Å². The standard InChI is InChI=1S/C16H12ClFN2O/c17-13-5-11(6-14(18)7-13)8-20-15-3-1-12(2-4-15)16-9-19-10-21-16/h1-7,9-10,20H,8H2. The fraction of sp³-hybridized carbons (Fsp3) is 0.0625. The lowest BCUT2D eigenvalue weighted by Gasteiger charge is -2.08. The van der Waals surface area contributed by atoms with Gasteiger partial charge in [-0.3, -0.25) is 0 Å². The largest absolute Gasteiger partial charge is 0.444 e. The molecule has 0 aliphatic rings. The van der Waals surface area contributed by atoms with Crippen LogP contribution in [-0.2, 0) is 6.54 Å². The lowest BCUT2D eigenvalue weighted by atomic mass is 10.1. The summed E-state index contributed by atoms with van der Waals surface area (Å²) < 4.78 is 18.5. The van der Waals surface area contributed by atoms with Crippen molar-refractivity contribution in [3.63, 3.8) is 0 Å². The van der Waals surface area contributed by atoms with Gasteiger partial charge in [0.15, 0.2) is 12.2 Å². The summed E-state index contributed by atoms with van der Waals surface area (Å²) >= 11 is 5.83. The second-order valence-corrected chi connectivity index (χ2v) is 5.01. The molecule has 0 aliphatic heterocycles. The van der Waals surface area contributed by atoms with Crippen LogP contribution < -0.4 is 5.32 Å². The summed E-state index contributed by atoms with van der Waals surface area (Å²) in [5, 5.41) is 3.61. The van der Waals surface area contributed by atoms with Crippen LogP contribution in [0.3, 0.4) is 0 Å². The van der Waals surface area contributed by atoms with Gasteiger partial charge >= 0.3 is 0 Å². The first-order chi connectivity index (χ1) is 10.2. The van der Waals surface area contributed by atoms with Gasteiger partial charge in [-0.1, -0.05) is 11.6 Å². The number of nitrogens with one attached hydrogen (secondary N) is 1. The minimum absolute atomic E-state index is 0.333. The fourth-order valence-electron chi connectivity index (χ4n) is 2.03. The average molecular weight is 303 g/mol. The second-order valence-electron chi connectivity index (χ2n) is 4.57. The van der Waals surface area contributed by atoms with Crippen molar-refractivity contribution >= 4 is 17.3 Å². The first kappa shape index (κ1) is 13.6. The molecule has 106 valence electrons. The molecular formula is C16H12ClFN2O. The van der Waals surface area contributed by atoms with Crippen molar-refractivity contribution in [2.45, 2.75) is 6.54 Å². The number of halogens is 2. The van der Waals surface area contributed by atoms with E-state index in [0.29, 0.717) is 11.6 Å². The number of aromatic nitrogens is 1. The SMILES string of the molecule is Fc1cc(Cl)cc(CNc2ccc(-c3cnco3)cc2)c1. The fourth-order valence-corrected chi connectivity index (χ4v) is 2.27. The van der Waals surface area contributed by atoms with Gasteiger partial charge in [0.05, 0.1) is 6.20 Å². The van der Waals surface area contributed by atoms with Gasteiger partial charge in [0.2, 0.25) is 0 Å². The van der Waals surface area contributed by atoms with Crippen LogP contribution in [0, 0.1) is 5.82 Å². The Balaban J connectivity index is 1.68. The van der Waals surface area contributed by atoms with E-state index < -0.39 is 0 Å². The van der Waals surface area contributed by atoms with Crippen LogP contribution >= 0.6 is 11.6 Å². The van der Waals surface area contributed by atoms with Crippen molar-refractivity contribution < 1.29 is 8.81 Å². The van der Waals surface area contributed by atoms with E-state index in [2.05, 4.69) is 10.3 Å². The monoisotopic (exact) mass is 302 g/mol. The molecule has 3 nitrogen and oxygen atoms in total. The summed E-state index contributed by atoms with van der Waals surface area (Å²) in [7, 11) is 0. The highest BCUT2D eigenvalue weighted by atomic mass is 35.5. The van der Waals surface area contributed by atoms with Crippen LogP contribution in [0.5, 0.6) is 0 Å². The van der Waals surface area contributed by atoms with E-state index in [-0.39, 0.29) is 5.82 Å². The van der Waals surface area contributed by atoms with E-state index in [4.69, 9.17) is 16.0 Å². The van der Waals surface area contributed by atoms with Crippen LogP contribution in [0.15, 0.2) is 59.5 Å². The molecule has 3 aromatic rings. The molecule has 5 heteroatoms. The Morgan fingerprint density at radius 2 is 1.95 bits per heavy atom. The highest BCUT2D eigenvalue weighted by molar-refractivity contribution is 6.30. The lowest BCUT2D eigenvalue weighted by molar-refractivity contribution is 0.572. The predicted molar refractivity (Wildman–Crippen MR) is 80.7 cm³/mol. The van der Waals surface area contributed by atoms with Gasteiger partial charge in [0, 0.05) is 22.8 Å². The minimum Gasteiger partial charge on any atom is -0.444 e. The average Bonchev–Trinajstić information content (AvgIpc) is 2.99. The third kappa shape index (κ3) is 3.41. The zero-order valence-electron chi connectivity index (χ0n) is 11.0. The van der Waals surface area contributed by atoms with Crippen LogP contribution in [0.25, 0.3) is 11.3 Å². The molecular weight excluding hydrogens is 291 g/mol. The molecule has 21 heavy (non-hydrogen) atoms. The van der Waals surface area contributed by atoms with Crippen molar-refractivity contribution in [1.29, 1.82) is 0 Å². The van der Waals surface area contributed by atoms with Gasteiger partial charge in [-0.15, -0.1) is 0 Å². The third-order valence-electron chi connectivity index (χ3n) is 3.02. The molecule has 1 heterocycles. The van der Waals surface area contributed by atoms with E-state index in [0.717, 1.165) is 22.6 Å². The molecule has 1 N–H and O–H groups in total. The molecule has 0 spiro atoms. The zero-order chi connectivity index (χ0) is 14.7. The molecule has 1 aromatic heterocycles. The molecule has 0 aliphatic carbocycles. The predicted octanol–water partition coefficient (Wildman–Crippen LogP) is 4.75. The van der Waals surface area contributed by atoms with Crippen molar-refractivity contribution in [2.24, 2.45) is 0 Å². The van der Waals surface area contributed by atoms with Crippen molar-refractivity contribution in [3.05, 3.63) is 71.5 Å². The number of hydrogen-bond acceptors (Lipinski definition) is 3. The number of nitrogens with zero attached hydrogens (tertiary/aromatic N) is 1. The van der Waals surface area contributed by atoms with Crippen LogP contribution in [0.4, 0.5) is 10.1 Å². The maximum Gasteiger partial charge on any atom is 0.181 e. The highest BCUT2D eigenvalue weighted by Gasteiger charge is 2.02. The van der Waals surface area contributed by atoms with Crippen LogP contribution in [-0.4, -0.2) is 4.98 Å². The van der Waals surface area contributed by atoms with Crippen LogP contribution in [0.2, 0.25) is 5.02 Å². The summed E-state index contributed by atoms with van der Waals surface area (Å²) in [6, 6.07) is 12.2. The quantitative estimate of drug-likeness (QED) is 0.756. The van der Waals surface area contributed by atoms with E-state index in [1.807, 2.05) is 24.3 Å². The first-order valence-corrected chi connectivity index (χ1v) is 6.76.